The third-order valence-corrected chi connectivity index (χ3v) is 2.51. The van der Waals surface area contributed by atoms with Crippen molar-refractivity contribution in [2.24, 2.45) is 0 Å². The van der Waals surface area contributed by atoms with Gasteiger partial charge in [0, 0.05) is 0 Å². The van der Waals surface area contributed by atoms with Gasteiger partial charge in [-0.25, -0.2) is 4.79 Å². The van der Waals surface area contributed by atoms with Gasteiger partial charge in [-0.05, 0) is 25.8 Å². The Labute approximate surface area is 95.8 Å². The normalized spacial score (nSPS) is 10.5. The van der Waals surface area contributed by atoms with E-state index in [1.165, 1.54) is 6.20 Å². The standard InChI is InChI=1S/C12H18N2O2/c1-4-10(5-2)16-12(15)11-6-9(13)7-14-8(11)3/h6-7,10H,4-5,13H2,1-3H3. The topological polar surface area (TPSA) is 65.2 Å². The Morgan fingerprint density at radius 3 is 2.69 bits per heavy atom. The van der Waals surface area contributed by atoms with Gasteiger partial charge in [-0.15, -0.1) is 0 Å². The smallest absolute Gasteiger partial charge is 0.340 e. The first-order valence-corrected chi connectivity index (χ1v) is 5.51. The Morgan fingerprint density at radius 2 is 2.12 bits per heavy atom. The molecule has 0 bridgehead atoms. The minimum absolute atomic E-state index is 0.0340. The lowest BCUT2D eigenvalue weighted by Crippen LogP contribution is -2.18. The molecule has 0 aliphatic carbocycles. The molecule has 1 aromatic rings. The van der Waals surface area contributed by atoms with Crippen LogP contribution in [0.5, 0.6) is 0 Å². The van der Waals surface area contributed by atoms with Crippen LogP contribution in [0.15, 0.2) is 12.3 Å². The number of nitrogens with zero attached hydrogens (tertiary/aromatic N) is 1. The van der Waals surface area contributed by atoms with Crippen molar-refractivity contribution in [3.05, 3.63) is 23.5 Å². The second kappa shape index (κ2) is 5.49. The van der Waals surface area contributed by atoms with E-state index in [4.69, 9.17) is 10.5 Å². The summed E-state index contributed by atoms with van der Waals surface area (Å²) < 4.78 is 5.34. The summed E-state index contributed by atoms with van der Waals surface area (Å²) in [5, 5.41) is 0. The van der Waals surface area contributed by atoms with Crippen LogP contribution < -0.4 is 5.73 Å². The average Bonchev–Trinajstić information content (AvgIpc) is 2.28. The highest BCUT2D eigenvalue weighted by atomic mass is 16.5. The Bertz CT molecular complexity index is 373. The van der Waals surface area contributed by atoms with Gasteiger partial charge in [0.2, 0.25) is 0 Å². The maximum absolute atomic E-state index is 11.8. The molecule has 4 nitrogen and oxygen atoms in total. The van der Waals surface area contributed by atoms with E-state index in [0.717, 1.165) is 12.8 Å². The van der Waals surface area contributed by atoms with Gasteiger partial charge in [-0.2, -0.15) is 0 Å². The van der Waals surface area contributed by atoms with Gasteiger partial charge < -0.3 is 10.5 Å². The zero-order chi connectivity index (χ0) is 12.1. The van der Waals surface area contributed by atoms with Crippen LogP contribution >= 0.6 is 0 Å². The molecule has 1 heterocycles. The van der Waals surface area contributed by atoms with Gasteiger partial charge >= 0.3 is 5.97 Å². The summed E-state index contributed by atoms with van der Waals surface area (Å²) in [7, 11) is 0. The molecule has 0 unspecified atom stereocenters. The van der Waals surface area contributed by atoms with Crippen molar-refractivity contribution >= 4 is 11.7 Å². The first-order chi connectivity index (χ1) is 7.58. The Kier molecular flexibility index (Phi) is 4.28. The molecule has 0 radical (unpaired) electrons. The van der Waals surface area contributed by atoms with Crippen molar-refractivity contribution in [2.75, 3.05) is 5.73 Å². The highest BCUT2D eigenvalue weighted by Crippen LogP contribution is 2.13. The summed E-state index contributed by atoms with van der Waals surface area (Å²) in [6.45, 7) is 5.75. The molecule has 0 fully saturated rings. The molecule has 2 N–H and O–H groups in total. The highest BCUT2D eigenvalue weighted by Gasteiger charge is 2.15. The lowest BCUT2D eigenvalue weighted by atomic mass is 10.2. The van der Waals surface area contributed by atoms with Gasteiger partial charge in [-0.1, -0.05) is 13.8 Å². The molecule has 0 aromatic carbocycles. The average molecular weight is 222 g/mol. The molecule has 0 aliphatic rings. The van der Waals surface area contributed by atoms with Gasteiger partial charge in [0.15, 0.2) is 0 Å². The number of hydrogen-bond acceptors (Lipinski definition) is 4. The molecule has 16 heavy (non-hydrogen) atoms. The summed E-state index contributed by atoms with van der Waals surface area (Å²) in [6, 6.07) is 1.60. The lowest BCUT2D eigenvalue weighted by Gasteiger charge is -2.14. The maximum atomic E-state index is 11.8. The minimum Gasteiger partial charge on any atom is -0.459 e. The zero-order valence-corrected chi connectivity index (χ0v) is 9.99. The molecule has 0 saturated carbocycles. The van der Waals surface area contributed by atoms with Crippen LogP contribution in [0.1, 0.15) is 42.7 Å². The van der Waals surface area contributed by atoms with E-state index in [0.29, 0.717) is 16.9 Å². The maximum Gasteiger partial charge on any atom is 0.340 e. The number of rotatable bonds is 4. The van der Waals surface area contributed by atoms with Crippen molar-refractivity contribution in [3.63, 3.8) is 0 Å². The van der Waals surface area contributed by atoms with Crippen molar-refractivity contribution in [2.45, 2.75) is 39.7 Å². The Hall–Kier alpha value is -1.58. The third kappa shape index (κ3) is 2.95. The summed E-state index contributed by atoms with van der Waals surface area (Å²) in [5.74, 6) is -0.342. The predicted octanol–water partition coefficient (Wildman–Crippen LogP) is 2.32. The van der Waals surface area contributed by atoms with Crippen LogP contribution in [-0.2, 0) is 4.74 Å². The Morgan fingerprint density at radius 1 is 1.50 bits per heavy atom. The molecule has 0 saturated heterocycles. The number of nitrogen functional groups attached to an aromatic ring is 1. The summed E-state index contributed by atoms with van der Waals surface area (Å²) in [4.78, 5) is 15.9. The summed E-state index contributed by atoms with van der Waals surface area (Å²) in [6.07, 6.45) is 3.13. The van der Waals surface area contributed by atoms with Crippen LogP contribution in [0.2, 0.25) is 0 Å². The van der Waals surface area contributed by atoms with Crippen molar-refractivity contribution < 1.29 is 9.53 Å². The monoisotopic (exact) mass is 222 g/mol. The van der Waals surface area contributed by atoms with E-state index in [2.05, 4.69) is 4.98 Å². The van der Waals surface area contributed by atoms with Crippen molar-refractivity contribution in [1.29, 1.82) is 0 Å². The van der Waals surface area contributed by atoms with Crippen LogP contribution in [-0.4, -0.2) is 17.1 Å². The number of carbonyl (C=O) groups is 1. The molecule has 1 aromatic heterocycles. The molecule has 4 heteroatoms. The molecule has 0 aliphatic heterocycles. The molecule has 0 atom stereocenters. The lowest BCUT2D eigenvalue weighted by molar-refractivity contribution is 0.0283. The fraction of sp³-hybridized carbons (Fsp3) is 0.500. The van der Waals surface area contributed by atoms with Crippen LogP contribution in [0.3, 0.4) is 0 Å². The number of pyridine rings is 1. The second-order valence-corrected chi connectivity index (χ2v) is 3.75. The first kappa shape index (κ1) is 12.5. The fourth-order valence-corrected chi connectivity index (χ4v) is 1.43. The number of anilines is 1. The highest BCUT2D eigenvalue weighted by molar-refractivity contribution is 5.91. The SMILES string of the molecule is CCC(CC)OC(=O)c1cc(N)cnc1C. The van der Waals surface area contributed by atoms with Crippen LogP contribution in [0.25, 0.3) is 0 Å². The minimum atomic E-state index is -0.342. The molecule has 88 valence electrons. The van der Waals surface area contributed by atoms with Gasteiger partial charge in [0.05, 0.1) is 23.1 Å². The number of carbonyl (C=O) groups excluding carboxylic acids is 1. The van der Waals surface area contributed by atoms with E-state index in [-0.39, 0.29) is 12.1 Å². The molecule has 0 amide bonds. The van der Waals surface area contributed by atoms with E-state index in [1.54, 1.807) is 13.0 Å². The predicted molar refractivity (Wildman–Crippen MR) is 63.2 cm³/mol. The number of aryl methyl sites for hydroxylation is 1. The van der Waals surface area contributed by atoms with E-state index < -0.39 is 0 Å². The quantitative estimate of drug-likeness (QED) is 0.794. The molecule has 0 spiro atoms. The van der Waals surface area contributed by atoms with Gasteiger partial charge in [-0.3, -0.25) is 4.98 Å². The molecular weight excluding hydrogens is 204 g/mol. The molecular formula is C12H18N2O2. The van der Waals surface area contributed by atoms with E-state index >= 15 is 0 Å². The van der Waals surface area contributed by atoms with E-state index in [1.807, 2.05) is 13.8 Å². The zero-order valence-electron chi connectivity index (χ0n) is 9.99. The second-order valence-electron chi connectivity index (χ2n) is 3.75. The van der Waals surface area contributed by atoms with E-state index in [9.17, 15) is 4.79 Å². The summed E-state index contributed by atoms with van der Waals surface area (Å²) in [5.41, 5.74) is 7.16. The fourth-order valence-electron chi connectivity index (χ4n) is 1.43. The third-order valence-electron chi connectivity index (χ3n) is 2.51. The van der Waals surface area contributed by atoms with Crippen LogP contribution in [0.4, 0.5) is 5.69 Å². The number of ether oxygens (including phenoxy) is 1. The Balaban J connectivity index is 2.83. The summed E-state index contributed by atoms with van der Waals surface area (Å²) >= 11 is 0. The number of nitrogens with two attached hydrogens (primary N) is 1. The van der Waals surface area contributed by atoms with Gasteiger partial charge in [0.1, 0.15) is 6.10 Å². The van der Waals surface area contributed by atoms with Crippen molar-refractivity contribution in [1.82, 2.24) is 4.98 Å². The largest absolute Gasteiger partial charge is 0.459 e. The molecule has 1 rings (SSSR count). The number of hydrogen-bond donors (Lipinski definition) is 1. The number of esters is 1. The van der Waals surface area contributed by atoms with Gasteiger partial charge in [0.25, 0.3) is 0 Å². The van der Waals surface area contributed by atoms with Crippen LogP contribution in [0, 0.1) is 6.92 Å². The number of aromatic nitrogens is 1. The van der Waals surface area contributed by atoms with Crippen molar-refractivity contribution in [3.8, 4) is 0 Å². The first-order valence-electron chi connectivity index (χ1n) is 5.51.